The van der Waals surface area contributed by atoms with E-state index in [0.717, 1.165) is 16.8 Å². The second kappa shape index (κ2) is 5.24. The van der Waals surface area contributed by atoms with Gasteiger partial charge >= 0.3 is 0 Å². The van der Waals surface area contributed by atoms with Crippen LogP contribution in [-0.2, 0) is 12.8 Å². The molecule has 0 amide bonds. The zero-order chi connectivity index (χ0) is 10.5. The number of aromatic nitrogens is 1. The molecule has 2 rings (SSSR count). The van der Waals surface area contributed by atoms with E-state index in [-0.39, 0.29) is 0 Å². The maximum Gasteiger partial charge on any atom is 0.158 e. The Kier molecular flexibility index (Phi) is 3.69. The predicted molar refractivity (Wildman–Crippen MR) is 68.0 cm³/mol. The van der Waals surface area contributed by atoms with E-state index in [4.69, 9.17) is 12.2 Å². The summed E-state index contributed by atoms with van der Waals surface area (Å²) in [6.45, 7) is 0. The maximum atomic E-state index is 5.04. The lowest BCUT2D eigenvalue weighted by Crippen LogP contribution is -1.89. The summed E-state index contributed by atoms with van der Waals surface area (Å²) in [4.78, 5) is 3.20. The minimum atomic E-state index is 0.879. The Morgan fingerprint density at radius 3 is 2.60 bits per heavy atom. The Morgan fingerprint density at radius 1 is 1.13 bits per heavy atom. The number of nitrogens with one attached hydrogen (secondary N) is 1. The summed E-state index contributed by atoms with van der Waals surface area (Å²) >= 11 is 6.65. The van der Waals surface area contributed by atoms with Crippen LogP contribution in [-0.4, -0.2) is 4.98 Å². The van der Waals surface area contributed by atoms with Crippen LogP contribution < -0.4 is 0 Å². The van der Waals surface area contributed by atoms with Crippen molar-refractivity contribution < 1.29 is 0 Å². The molecule has 0 aliphatic carbocycles. The van der Waals surface area contributed by atoms with Crippen molar-refractivity contribution in [3.05, 3.63) is 50.9 Å². The van der Waals surface area contributed by atoms with Gasteiger partial charge in [-0.1, -0.05) is 30.3 Å². The van der Waals surface area contributed by atoms with E-state index >= 15 is 0 Å². The minimum absolute atomic E-state index is 0.879. The Morgan fingerprint density at radius 2 is 1.93 bits per heavy atom. The molecular weight excluding hydrogens is 222 g/mol. The standard InChI is InChI=1S/C12H13NS2/c14-12-13-11(9-15-12)8-4-7-10-5-2-1-3-6-10/h1-3,5-6,9H,4,7-8H2,(H,13,14). The van der Waals surface area contributed by atoms with E-state index in [9.17, 15) is 0 Å². The zero-order valence-corrected chi connectivity index (χ0v) is 10.0. The average Bonchev–Trinajstić information content (AvgIpc) is 2.66. The lowest BCUT2D eigenvalue weighted by atomic mass is 10.1. The van der Waals surface area contributed by atoms with Gasteiger partial charge in [0.2, 0.25) is 0 Å². The number of thiazole rings is 1. The van der Waals surface area contributed by atoms with Gasteiger partial charge in [0.1, 0.15) is 0 Å². The summed E-state index contributed by atoms with van der Waals surface area (Å²) in [6, 6.07) is 10.6. The molecule has 1 aromatic heterocycles. The first kappa shape index (κ1) is 10.6. The van der Waals surface area contributed by atoms with Crippen molar-refractivity contribution in [3.8, 4) is 0 Å². The van der Waals surface area contributed by atoms with Crippen LogP contribution in [0.5, 0.6) is 0 Å². The van der Waals surface area contributed by atoms with E-state index < -0.39 is 0 Å². The maximum absolute atomic E-state index is 5.04. The molecule has 1 N–H and O–H groups in total. The van der Waals surface area contributed by atoms with Gasteiger partial charge in [-0.25, -0.2) is 0 Å². The lowest BCUT2D eigenvalue weighted by molar-refractivity contribution is 0.804. The Balaban J connectivity index is 1.83. The van der Waals surface area contributed by atoms with Gasteiger partial charge in [0, 0.05) is 11.1 Å². The van der Waals surface area contributed by atoms with Crippen molar-refractivity contribution in [1.29, 1.82) is 0 Å². The van der Waals surface area contributed by atoms with Gasteiger partial charge in [0.05, 0.1) is 0 Å². The van der Waals surface area contributed by atoms with E-state index in [1.54, 1.807) is 11.3 Å². The first-order valence-electron chi connectivity index (χ1n) is 5.05. The molecule has 15 heavy (non-hydrogen) atoms. The van der Waals surface area contributed by atoms with Crippen molar-refractivity contribution >= 4 is 23.6 Å². The molecule has 0 bridgehead atoms. The molecule has 3 heteroatoms. The third-order valence-corrected chi connectivity index (χ3v) is 3.43. The molecule has 0 saturated carbocycles. The van der Waals surface area contributed by atoms with Crippen molar-refractivity contribution in [3.63, 3.8) is 0 Å². The number of benzene rings is 1. The third kappa shape index (κ3) is 3.29. The third-order valence-electron chi connectivity index (χ3n) is 2.33. The summed E-state index contributed by atoms with van der Waals surface area (Å²) in [7, 11) is 0. The first-order valence-corrected chi connectivity index (χ1v) is 6.34. The first-order chi connectivity index (χ1) is 7.34. The largest absolute Gasteiger partial charge is 0.341 e. The number of rotatable bonds is 4. The van der Waals surface area contributed by atoms with Crippen LogP contribution in [0.15, 0.2) is 35.7 Å². The summed E-state index contributed by atoms with van der Waals surface area (Å²) in [6.07, 6.45) is 3.39. The Labute approximate surface area is 98.8 Å². The number of hydrogen-bond acceptors (Lipinski definition) is 2. The molecule has 0 saturated heterocycles. The molecule has 1 nitrogen and oxygen atoms in total. The molecule has 2 aromatic rings. The molecule has 0 aliphatic rings. The van der Waals surface area contributed by atoms with Gasteiger partial charge in [-0.3, -0.25) is 0 Å². The van der Waals surface area contributed by atoms with E-state index in [2.05, 4.69) is 40.7 Å². The van der Waals surface area contributed by atoms with E-state index in [1.807, 2.05) is 0 Å². The molecule has 1 heterocycles. The monoisotopic (exact) mass is 235 g/mol. The summed E-state index contributed by atoms with van der Waals surface area (Å²) in [5.74, 6) is 0. The molecule has 0 unspecified atom stereocenters. The van der Waals surface area contributed by atoms with Crippen LogP contribution in [0.25, 0.3) is 0 Å². The average molecular weight is 235 g/mol. The highest BCUT2D eigenvalue weighted by atomic mass is 32.1. The van der Waals surface area contributed by atoms with E-state index in [0.29, 0.717) is 0 Å². The second-order valence-electron chi connectivity index (χ2n) is 3.51. The summed E-state index contributed by atoms with van der Waals surface area (Å²) in [5.41, 5.74) is 2.67. The molecular formula is C12H13NS2. The second-order valence-corrected chi connectivity index (χ2v) is 5.06. The highest BCUT2D eigenvalue weighted by Gasteiger charge is 1.96. The molecule has 0 fully saturated rings. The van der Waals surface area contributed by atoms with Crippen LogP contribution in [0.3, 0.4) is 0 Å². The lowest BCUT2D eigenvalue weighted by Gasteiger charge is -1.99. The Hall–Kier alpha value is -0.930. The fraction of sp³-hybridized carbons (Fsp3) is 0.250. The van der Waals surface area contributed by atoms with Gasteiger partial charge in [-0.15, -0.1) is 11.3 Å². The van der Waals surface area contributed by atoms with Crippen molar-refractivity contribution in [2.24, 2.45) is 0 Å². The summed E-state index contributed by atoms with van der Waals surface area (Å²) in [5, 5.41) is 2.12. The van der Waals surface area contributed by atoms with Crippen molar-refractivity contribution in [1.82, 2.24) is 4.98 Å². The smallest absolute Gasteiger partial charge is 0.158 e. The van der Waals surface area contributed by atoms with Gasteiger partial charge in [0.25, 0.3) is 0 Å². The topological polar surface area (TPSA) is 15.8 Å². The zero-order valence-electron chi connectivity index (χ0n) is 8.40. The van der Waals surface area contributed by atoms with Crippen LogP contribution in [0.1, 0.15) is 17.7 Å². The Bertz CT molecular complexity index is 456. The highest BCUT2D eigenvalue weighted by molar-refractivity contribution is 7.73. The van der Waals surface area contributed by atoms with E-state index in [1.165, 1.54) is 17.7 Å². The highest BCUT2D eigenvalue weighted by Crippen LogP contribution is 2.09. The fourth-order valence-electron chi connectivity index (χ4n) is 1.56. The number of H-pyrrole nitrogens is 1. The quantitative estimate of drug-likeness (QED) is 0.793. The van der Waals surface area contributed by atoms with Crippen LogP contribution in [0.2, 0.25) is 0 Å². The molecule has 78 valence electrons. The molecule has 1 aromatic carbocycles. The van der Waals surface area contributed by atoms with Crippen LogP contribution in [0, 0.1) is 3.95 Å². The fourth-order valence-corrected chi connectivity index (χ4v) is 2.46. The van der Waals surface area contributed by atoms with Crippen LogP contribution >= 0.6 is 23.6 Å². The van der Waals surface area contributed by atoms with Gasteiger partial charge in [0.15, 0.2) is 3.95 Å². The number of aromatic amines is 1. The molecule has 0 radical (unpaired) electrons. The molecule has 0 aliphatic heterocycles. The number of aryl methyl sites for hydroxylation is 2. The normalized spacial score (nSPS) is 10.4. The van der Waals surface area contributed by atoms with Crippen LogP contribution in [0.4, 0.5) is 0 Å². The predicted octanol–water partition coefficient (Wildman–Crippen LogP) is 3.98. The van der Waals surface area contributed by atoms with Crippen molar-refractivity contribution in [2.75, 3.05) is 0 Å². The number of hydrogen-bond donors (Lipinski definition) is 1. The molecule has 0 spiro atoms. The minimum Gasteiger partial charge on any atom is -0.341 e. The van der Waals surface area contributed by atoms with Gasteiger partial charge < -0.3 is 4.98 Å². The van der Waals surface area contributed by atoms with Crippen molar-refractivity contribution in [2.45, 2.75) is 19.3 Å². The van der Waals surface area contributed by atoms with Gasteiger partial charge in [-0.05, 0) is 37.0 Å². The van der Waals surface area contributed by atoms with Gasteiger partial charge in [-0.2, -0.15) is 0 Å². The SMILES string of the molecule is S=c1[nH]c(CCCc2ccccc2)cs1. The summed E-state index contributed by atoms with van der Waals surface area (Å²) < 4.78 is 0.879. The molecule has 0 atom stereocenters.